The molecule has 104 valence electrons. The van der Waals surface area contributed by atoms with Crippen LogP contribution in [0.1, 0.15) is 21.5 Å². The number of halogens is 1. The highest BCUT2D eigenvalue weighted by Crippen LogP contribution is 2.14. The quantitative estimate of drug-likeness (QED) is 0.849. The first-order chi connectivity index (χ1) is 9.60. The molecule has 2 aromatic rings. The minimum Gasteiger partial charge on any atom is -0.373 e. The highest BCUT2D eigenvalue weighted by molar-refractivity contribution is 6.29. The zero-order valence-corrected chi connectivity index (χ0v) is 12.0. The minimum absolute atomic E-state index is 0.200. The summed E-state index contributed by atoms with van der Waals surface area (Å²) in [5.41, 5.74) is 2.54. The number of nitrogens with one attached hydrogen (secondary N) is 2. The summed E-state index contributed by atoms with van der Waals surface area (Å²) in [7, 11) is 1.72. The number of hydrogen-bond acceptors (Lipinski definition) is 4. The molecule has 0 atom stereocenters. The Morgan fingerprint density at radius 1 is 1.40 bits per heavy atom. The molecule has 6 heteroatoms. The Morgan fingerprint density at radius 3 is 2.90 bits per heavy atom. The Morgan fingerprint density at radius 2 is 2.20 bits per heavy atom. The van der Waals surface area contributed by atoms with Gasteiger partial charge in [0, 0.05) is 31.5 Å². The second-order valence-electron chi connectivity index (χ2n) is 4.30. The maximum absolute atomic E-state index is 12.1. The zero-order valence-electron chi connectivity index (χ0n) is 11.3. The molecular formula is C14H15ClN4O. The van der Waals surface area contributed by atoms with Crippen LogP contribution in [0.3, 0.4) is 0 Å². The number of hydrogen-bond donors (Lipinski definition) is 2. The largest absolute Gasteiger partial charge is 0.373 e. The van der Waals surface area contributed by atoms with Crippen LogP contribution < -0.4 is 10.6 Å². The van der Waals surface area contributed by atoms with Gasteiger partial charge >= 0.3 is 0 Å². The lowest BCUT2D eigenvalue weighted by atomic mass is 10.1. The van der Waals surface area contributed by atoms with Crippen molar-refractivity contribution < 1.29 is 4.79 Å². The molecule has 2 N–H and O–H groups in total. The molecule has 0 unspecified atom stereocenters. The van der Waals surface area contributed by atoms with Crippen molar-refractivity contribution in [3.8, 4) is 0 Å². The van der Waals surface area contributed by atoms with Crippen LogP contribution in [0.4, 0.5) is 5.82 Å². The van der Waals surface area contributed by atoms with Gasteiger partial charge in [0.2, 0.25) is 0 Å². The van der Waals surface area contributed by atoms with E-state index in [1.54, 1.807) is 25.5 Å². The van der Waals surface area contributed by atoms with Gasteiger partial charge in [-0.25, -0.2) is 4.98 Å². The number of amides is 1. The van der Waals surface area contributed by atoms with E-state index >= 15 is 0 Å². The number of anilines is 1. The Balaban J connectivity index is 2.09. The average molecular weight is 291 g/mol. The van der Waals surface area contributed by atoms with Crippen molar-refractivity contribution in [3.63, 3.8) is 0 Å². The standard InChI is InChI=1S/C14H15ClN4O/c1-9-3-4-17-7-11(9)8-18-14(20)10-5-12(15)19-13(6-10)16-2/h3-7H,8H2,1-2H3,(H,16,19)(H,18,20). The van der Waals surface area contributed by atoms with E-state index in [9.17, 15) is 4.79 Å². The zero-order chi connectivity index (χ0) is 14.5. The first-order valence-corrected chi connectivity index (χ1v) is 6.51. The third kappa shape index (κ3) is 3.45. The average Bonchev–Trinajstić information content (AvgIpc) is 2.45. The van der Waals surface area contributed by atoms with Crippen LogP contribution in [0.15, 0.2) is 30.6 Å². The first-order valence-electron chi connectivity index (χ1n) is 6.13. The summed E-state index contributed by atoms with van der Waals surface area (Å²) in [6, 6.07) is 5.09. The molecule has 1 amide bonds. The lowest BCUT2D eigenvalue weighted by Crippen LogP contribution is -2.23. The van der Waals surface area contributed by atoms with Gasteiger partial charge in [-0.05, 0) is 36.2 Å². The van der Waals surface area contributed by atoms with Crippen LogP contribution in [0, 0.1) is 6.92 Å². The number of nitrogens with zero attached hydrogens (tertiary/aromatic N) is 2. The third-order valence-electron chi connectivity index (χ3n) is 2.90. The fourth-order valence-corrected chi connectivity index (χ4v) is 1.92. The molecule has 0 aliphatic heterocycles. The number of carbonyl (C=O) groups is 1. The SMILES string of the molecule is CNc1cc(C(=O)NCc2cnccc2C)cc(Cl)n1. The van der Waals surface area contributed by atoms with E-state index in [0.29, 0.717) is 17.9 Å². The molecule has 5 nitrogen and oxygen atoms in total. The summed E-state index contributed by atoms with van der Waals surface area (Å²) < 4.78 is 0. The molecule has 0 aromatic carbocycles. The van der Waals surface area contributed by atoms with Crippen LogP contribution in [-0.2, 0) is 6.54 Å². The third-order valence-corrected chi connectivity index (χ3v) is 3.09. The summed E-state index contributed by atoms with van der Waals surface area (Å²) in [4.78, 5) is 20.2. The van der Waals surface area contributed by atoms with Crippen molar-refractivity contribution in [1.82, 2.24) is 15.3 Å². The molecular weight excluding hydrogens is 276 g/mol. The Kier molecular flexibility index (Phi) is 4.53. The predicted molar refractivity (Wildman–Crippen MR) is 78.9 cm³/mol. The summed E-state index contributed by atoms with van der Waals surface area (Å²) in [5.74, 6) is 0.356. The highest BCUT2D eigenvalue weighted by Gasteiger charge is 2.09. The van der Waals surface area contributed by atoms with Gasteiger partial charge in [-0.2, -0.15) is 0 Å². The molecule has 0 aliphatic carbocycles. The summed E-state index contributed by atoms with van der Waals surface area (Å²) in [5, 5.41) is 5.98. The molecule has 2 rings (SSSR count). The molecule has 2 heterocycles. The number of carbonyl (C=O) groups excluding carboxylic acids is 1. The van der Waals surface area contributed by atoms with Gasteiger partial charge in [0.15, 0.2) is 0 Å². The van der Waals surface area contributed by atoms with E-state index in [0.717, 1.165) is 11.1 Å². The van der Waals surface area contributed by atoms with Crippen molar-refractivity contribution in [2.24, 2.45) is 0 Å². The van der Waals surface area contributed by atoms with Crippen molar-refractivity contribution in [2.45, 2.75) is 13.5 Å². The van der Waals surface area contributed by atoms with Crippen molar-refractivity contribution in [3.05, 3.63) is 52.4 Å². The number of aryl methyl sites for hydroxylation is 1. The van der Waals surface area contributed by atoms with Gasteiger partial charge in [-0.3, -0.25) is 9.78 Å². The smallest absolute Gasteiger partial charge is 0.251 e. The van der Waals surface area contributed by atoms with Crippen LogP contribution in [0.25, 0.3) is 0 Å². The molecule has 0 spiro atoms. The minimum atomic E-state index is -0.200. The monoisotopic (exact) mass is 290 g/mol. The second kappa shape index (κ2) is 6.34. The fourth-order valence-electron chi connectivity index (χ4n) is 1.72. The van der Waals surface area contributed by atoms with E-state index < -0.39 is 0 Å². The van der Waals surface area contributed by atoms with Crippen molar-refractivity contribution in [1.29, 1.82) is 0 Å². The second-order valence-corrected chi connectivity index (χ2v) is 4.69. The van der Waals surface area contributed by atoms with Crippen LogP contribution in [-0.4, -0.2) is 22.9 Å². The normalized spacial score (nSPS) is 10.2. The van der Waals surface area contributed by atoms with Gasteiger partial charge in [0.25, 0.3) is 5.91 Å². The molecule has 2 aromatic heterocycles. The van der Waals surface area contributed by atoms with Gasteiger partial charge in [0.1, 0.15) is 11.0 Å². The van der Waals surface area contributed by atoms with Crippen LogP contribution >= 0.6 is 11.6 Å². The lowest BCUT2D eigenvalue weighted by molar-refractivity contribution is 0.0951. The van der Waals surface area contributed by atoms with Crippen LogP contribution in [0.5, 0.6) is 0 Å². The molecule has 0 radical (unpaired) electrons. The van der Waals surface area contributed by atoms with Crippen molar-refractivity contribution >= 4 is 23.3 Å². The molecule has 20 heavy (non-hydrogen) atoms. The van der Waals surface area contributed by atoms with Gasteiger partial charge < -0.3 is 10.6 Å². The predicted octanol–water partition coefficient (Wildman–Crippen LogP) is 2.41. The Hall–Kier alpha value is -2.14. The van der Waals surface area contributed by atoms with E-state index in [-0.39, 0.29) is 11.1 Å². The maximum Gasteiger partial charge on any atom is 0.251 e. The van der Waals surface area contributed by atoms with Crippen LogP contribution in [0.2, 0.25) is 5.15 Å². The summed E-state index contributed by atoms with van der Waals surface area (Å²) in [6.07, 6.45) is 3.47. The fraction of sp³-hybridized carbons (Fsp3) is 0.214. The van der Waals surface area contributed by atoms with Gasteiger partial charge in [-0.1, -0.05) is 11.6 Å². The molecule has 0 saturated carbocycles. The maximum atomic E-state index is 12.1. The van der Waals surface area contributed by atoms with E-state index in [2.05, 4.69) is 20.6 Å². The number of rotatable bonds is 4. The van der Waals surface area contributed by atoms with Gasteiger partial charge in [-0.15, -0.1) is 0 Å². The summed E-state index contributed by atoms with van der Waals surface area (Å²) >= 11 is 5.87. The topological polar surface area (TPSA) is 66.9 Å². The summed E-state index contributed by atoms with van der Waals surface area (Å²) in [6.45, 7) is 2.40. The number of pyridine rings is 2. The molecule has 0 saturated heterocycles. The number of aromatic nitrogens is 2. The van der Waals surface area contributed by atoms with E-state index in [4.69, 9.17) is 11.6 Å². The van der Waals surface area contributed by atoms with Crippen molar-refractivity contribution in [2.75, 3.05) is 12.4 Å². The Labute approximate surface area is 122 Å². The Bertz CT molecular complexity index is 630. The molecule has 0 fully saturated rings. The van der Waals surface area contributed by atoms with E-state index in [1.807, 2.05) is 13.0 Å². The van der Waals surface area contributed by atoms with Gasteiger partial charge in [0.05, 0.1) is 0 Å². The first kappa shape index (κ1) is 14.3. The van der Waals surface area contributed by atoms with E-state index in [1.165, 1.54) is 6.07 Å². The highest BCUT2D eigenvalue weighted by atomic mass is 35.5. The lowest BCUT2D eigenvalue weighted by Gasteiger charge is -2.08. The molecule has 0 aliphatic rings. The molecule has 0 bridgehead atoms.